The summed E-state index contributed by atoms with van der Waals surface area (Å²) in [7, 11) is 0. The Kier molecular flexibility index (Phi) is 6.81. The summed E-state index contributed by atoms with van der Waals surface area (Å²) in [5, 5.41) is 15.1. The number of nitrogens with one attached hydrogen (secondary N) is 2. The van der Waals surface area contributed by atoms with Gasteiger partial charge in [-0.15, -0.1) is 0 Å². The van der Waals surface area contributed by atoms with Gasteiger partial charge in [-0.2, -0.15) is 0 Å². The van der Waals surface area contributed by atoms with Crippen molar-refractivity contribution >= 4 is 0 Å². The quantitative estimate of drug-likeness (QED) is 0.574. The summed E-state index contributed by atoms with van der Waals surface area (Å²) >= 11 is 0. The van der Waals surface area contributed by atoms with Gasteiger partial charge in [0.05, 0.1) is 6.61 Å². The summed E-state index contributed by atoms with van der Waals surface area (Å²) in [6.45, 7) is 5.95. The van der Waals surface area contributed by atoms with Crippen LogP contribution >= 0.6 is 0 Å². The maximum Gasteiger partial charge on any atom is 0.0555 e. The highest BCUT2D eigenvalue weighted by atomic mass is 16.3. The molecule has 0 heterocycles. The molecule has 1 rings (SSSR count). The van der Waals surface area contributed by atoms with Crippen LogP contribution in [0.1, 0.15) is 18.4 Å². The summed E-state index contributed by atoms with van der Waals surface area (Å²) < 4.78 is 0. The average Bonchev–Trinajstić information content (AvgIpc) is 2.34. The second-order valence-electron chi connectivity index (χ2n) is 3.99. The third-order valence-electron chi connectivity index (χ3n) is 2.59. The molecule has 0 unspecified atom stereocenters. The first-order chi connectivity index (χ1) is 7.84. The van der Waals surface area contributed by atoms with Crippen LogP contribution in [-0.2, 0) is 0 Å². The molecular weight excluding hydrogens is 200 g/mol. The van der Waals surface area contributed by atoms with Gasteiger partial charge in [-0.25, -0.2) is 0 Å². The van der Waals surface area contributed by atoms with Gasteiger partial charge in [0.1, 0.15) is 0 Å². The van der Waals surface area contributed by atoms with Gasteiger partial charge in [-0.3, -0.25) is 0 Å². The molecule has 0 spiro atoms. The van der Waals surface area contributed by atoms with Gasteiger partial charge in [0.2, 0.25) is 0 Å². The van der Waals surface area contributed by atoms with E-state index in [0.717, 1.165) is 19.6 Å². The van der Waals surface area contributed by atoms with Crippen molar-refractivity contribution in [3.05, 3.63) is 35.9 Å². The summed E-state index contributed by atoms with van der Waals surface area (Å²) in [5.74, 6) is 0.541. The van der Waals surface area contributed by atoms with Gasteiger partial charge >= 0.3 is 0 Å². The smallest absolute Gasteiger partial charge is 0.0555 e. The summed E-state index contributed by atoms with van der Waals surface area (Å²) in [4.78, 5) is 0. The maximum absolute atomic E-state index is 8.58. The van der Waals surface area contributed by atoms with E-state index in [-0.39, 0.29) is 6.61 Å². The van der Waals surface area contributed by atoms with Gasteiger partial charge in [-0.1, -0.05) is 37.3 Å². The van der Waals surface area contributed by atoms with Crippen molar-refractivity contribution in [2.75, 3.05) is 32.8 Å². The van der Waals surface area contributed by atoms with E-state index in [1.807, 2.05) is 6.07 Å². The molecule has 16 heavy (non-hydrogen) atoms. The number of rotatable bonds is 8. The molecule has 0 radical (unpaired) electrons. The Bertz CT molecular complexity index is 264. The van der Waals surface area contributed by atoms with Crippen LogP contribution < -0.4 is 10.6 Å². The molecule has 1 aromatic carbocycles. The fraction of sp³-hybridized carbons (Fsp3) is 0.538. The maximum atomic E-state index is 8.58. The van der Waals surface area contributed by atoms with E-state index >= 15 is 0 Å². The van der Waals surface area contributed by atoms with Crippen molar-refractivity contribution in [3.63, 3.8) is 0 Å². The van der Waals surface area contributed by atoms with Gasteiger partial charge in [0, 0.05) is 26.2 Å². The van der Waals surface area contributed by atoms with Crippen LogP contribution in [0.4, 0.5) is 0 Å². The van der Waals surface area contributed by atoms with E-state index in [4.69, 9.17) is 5.11 Å². The number of hydrogen-bond donors (Lipinski definition) is 3. The fourth-order valence-electron chi connectivity index (χ4n) is 1.60. The lowest BCUT2D eigenvalue weighted by atomic mass is 10.0. The Morgan fingerprint density at radius 2 is 1.75 bits per heavy atom. The Morgan fingerprint density at radius 3 is 2.44 bits per heavy atom. The molecule has 1 aromatic rings. The molecule has 0 aliphatic rings. The van der Waals surface area contributed by atoms with Crippen molar-refractivity contribution < 1.29 is 5.11 Å². The summed E-state index contributed by atoms with van der Waals surface area (Å²) in [6.07, 6.45) is 0. The molecule has 0 saturated heterocycles. The molecule has 0 bridgehead atoms. The predicted molar refractivity (Wildman–Crippen MR) is 67.7 cm³/mol. The molecule has 90 valence electrons. The highest BCUT2D eigenvalue weighted by molar-refractivity contribution is 5.18. The minimum atomic E-state index is 0.209. The van der Waals surface area contributed by atoms with Gasteiger partial charge in [0.25, 0.3) is 0 Å². The number of benzene rings is 1. The first kappa shape index (κ1) is 13.2. The Balaban J connectivity index is 2.09. The third kappa shape index (κ3) is 5.26. The van der Waals surface area contributed by atoms with Crippen LogP contribution in [0.25, 0.3) is 0 Å². The molecule has 0 aliphatic heterocycles. The van der Waals surface area contributed by atoms with Gasteiger partial charge in [-0.05, 0) is 11.5 Å². The first-order valence-electron chi connectivity index (χ1n) is 5.92. The molecule has 1 atom stereocenters. The van der Waals surface area contributed by atoms with E-state index in [9.17, 15) is 0 Å². The molecule has 0 amide bonds. The van der Waals surface area contributed by atoms with Crippen molar-refractivity contribution in [3.8, 4) is 0 Å². The Labute approximate surface area is 97.9 Å². The van der Waals surface area contributed by atoms with E-state index in [1.165, 1.54) is 5.56 Å². The lowest BCUT2D eigenvalue weighted by Gasteiger charge is -2.13. The molecule has 3 heteroatoms. The highest BCUT2D eigenvalue weighted by Gasteiger charge is 2.02. The fourth-order valence-corrected chi connectivity index (χ4v) is 1.60. The molecule has 0 saturated carbocycles. The van der Waals surface area contributed by atoms with Crippen LogP contribution in [0.15, 0.2) is 30.3 Å². The first-order valence-corrected chi connectivity index (χ1v) is 5.92. The topological polar surface area (TPSA) is 44.3 Å². The summed E-state index contributed by atoms with van der Waals surface area (Å²) in [6, 6.07) is 10.5. The third-order valence-corrected chi connectivity index (χ3v) is 2.59. The zero-order chi connectivity index (χ0) is 11.6. The average molecular weight is 222 g/mol. The lowest BCUT2D eigenvalue weighted by Crippen LogP contribution is -2.31. The SMILES string of the molecule is C[C@@H](CNCCNCCO)c1ccccc1. The number of aliphatic hydroxyl groups is 1. The predicted octanol–water partition coefficient (Wildman–Crippen LogP) is 0.962. The van der Waals surface area contributed by atoms with E-state index < -0.39 is 0 Å². The van der Waals surface area contributed by atoms with Crippen molar-refractivity contribution in [1.82, 2.24) is 10.6 Å². The molecule has 0 aliphatic carbocycles. The van der Waals surface area contributed by atoms with Crippen molar-refractivity contribution in [2.24, 2.45) is 0 Å². The Hall–Kier alpha value is -0.900. The minimum Gasteiger partial charge on any atom is -0.395 e. The van der Waals surface area contributed by atoms with Crippen LogP contribution in [0.5, 0.6) is 0 Å². The lowest BCUT2D eigenvalue weighted by molar-refractivity contribution is 0.292. The molecule has 0 aromatic heterocycles. The van der Waals surface area contributed by atoms with Crippen LogP contribution in [-0.4, -0.2) is 37.9 Å². The van der Waals surface area contributed by atoms with E-state index in [2.05, 4.69) is 41.8 Å². The second kappa shape index (κ2) is 8.28. The zero-order valence-corrected chi connectivity index (χ0v) is 9.95. The Morgan fingerprint density at radius 1 is 1.06 bits per heavy atom. The van der Waals surface area contributed by atoms with E-state index in [0.29, 0.717) is 12.5 Å². The molecular formula is C13H22N2O. The summed E-state index contributed by atoms with van der Waals surface area (Å²) in [5.41, 5.74) is 1.37. The van der Waals surface area contributed by atoms with Crippen molar-refractivity contribution in [1.29, 1.82) is 0 Å². The van der Waals surface area contributed by atoms with Crippen molar-refractivity contribution in [2.45, 2.75) is 12.8 Å². The molecule has 0 fully saturated rings. The van der Waals surface area contributed by atoms with E-state index in [1.54, 1.807) is 0 Å². The highest BCUT2D eigenvalue weighted by Crippen LogP contribution is 2.12. The molecule has 3 nitrogen and oxygen atoms in total. The van der Waals surface area contributed by atoms with Gasteiger partial charge in [0.15, 0.2) is 0 Å². The van der Waals surface area contributed by atoms with Gasteiger partial charge < -0.3 is 15.7 Å². The molecule has 3 N–H and O–H groups in total. The normalized spacial score (nSPS) is 12.6. The minimum absolute atomic E-state index is 0.209. The largest absolute Gasteiger partial charge is 0.395 e. The zero-order valence-electron chi connectivity index (χ0n) is 9.95. The number of aliphatic hydroxyl groups excluding tert-OH is 1. The number of hydrogen-bond acceptors (Lipinski definition) is 3. The van der Waals surface area contributed by atoms with Crippen LogP contribution in [0, 0.1) is 0 Å². The standard InChI is InChI=1S/C13H22N2O/c1-12(13-5-3-2-4-6-13)11-15-8-7-14-9-10-16/h2-6,12,14-16H,7-11H2,1H3/t12-/m0/s1. The monoisotopic (exact) mass is 222 g/mol. The van der Waals surface area contributed by atoms with Crippen LogP contribution in [0.3, 0.4) is 0 Å². The van der Waals surface area contributed by atoms with Crippen LogP contribution in [0.2, 0.25) is 0 Å². The second-order valence-corrected chi connectivity index (χ2v) is 3.99.